The summed E-state index contributed by atoms with van der Waals surface area (Å²) in [5.41, 5.74) is 6.06. The van der Waals surface area contributed by atoms with Crippen molar-refractivity contribution in [1.82, 2.24) is 0 Å². The van der Waals surface area contributed by atoms with E-state index in [2.05, 4.69) is 37.2 Å². The van der Waals surface area contributed by atoms with E-state index in [1.54, 1.807) is 0 Å². The van der Waals surface area contributed by atoms with Crippen LogP contribution in [0.15, 0.2) is 11.8 Å². The summed E-state index contributed by atoms with van der Waals surface area (Å²) in [5.74, 6) is 0.106. The molecule has 0 aromatic heterocycles. The molecule has 0 aliphatic carbocycles. The molecule has 4 heteroatoms. The Bertz CT molecular complexity index is 134. The number of ketones is 1. The first-order chi connectivity index (χ1) is 5.20. The number of nitrogens with two attached hydrogens (primary N) is 1. The average molecular weight is 381 g/mol. The van der Waals surface area contributed by atoms with Gasteiger partial charge in [-0.15, -0.1) is 0 Å². The van der Waals surface area contributed by atoms with Gasteiger partial charge in [0.05, 0.1) is 0 Å². The number of hydrogen-bond acceptors (Lipinski definition) is 2. The molecule has 0 atom stereocenters. The van der Waals surface area contributed by atoms with Gasteiger partial charge < -0.3 is 5.73 Å². The molecular weight excluding hydrogens is 368 g/mol. The second kappa shape index (κ2) is 10.7. The zero-order valence-corrected chi connectivity index (χ0v) is 11.0. The quantitative estimate of drug-likeness (QED) is 0.604. The molecule has 2 N–H and O–H groups in total. The fourth-order valence-electron chi connectivity index (χ4n) is 0.411. The SMILES string of the molecule is CCC(=O)/C=C(\N)CC.II. The van der Waals surface area contributed by atoms with Crippen LogP contribution in [0.3, 0.4) is 0 Å². The van der Waals surface area contributed by atoms with Gasteiger partial charge in [-0.2, -0.15) is 0 Å². The monoisotopic (exact) mass is 381 g/mol. The molecule has 0 saturated carbocycles. The van der Waals surface area contributed by atoms with E-state index in [4.69, 9.17) is 5.73 Å². The highest BCUT2D eigenvalue weighted by atomic mass is 128. The molecule has 0 fully saturated rings. The van der Waals surface area contributed by atoms with E-state index in [1.807, 2.05) is 13.8 Å². The van der Waals surface area contributed by atoms with E-state index < -0.39 is 0 Å². The first-order valence-electron chi connectivity index (χ1n) is 3.33. The highest BCUT2D eigenvalue weighted by Crippen LogP contribution is 1.92. The zero-order valence-electron chi connectivity index (χ0n) is 6.73. The molecule has 11 heavy (non-hydrogen) atoms. The Morgan fingerprint density at radius 2 is 1.82 bits per heavy atom. The molecule has 0 aromatic carbocycles. The van der Waals surface area contributed by atoms with Crippen LogP contribution in [0.4, 0.5) is 0 Å². The first-order valence-corrected chi connectivity index (χ1v) is 9.62. The summed E-state index contributed by atoms with van der Waals surface area (Å²) in [6.45, 7) is 3.75. The maximum absolute atomic E-state index is 10.6. The van der Waals surface area contributed by atoms with Crippen molar-refractivity contribution in [2.45, 2.75) is 26.7 Å². The van der Waals surface area contributed by atoms with Crippen LogP contribution >= 0.6 is 37.2 Å². The molecule has 0 unspecified atom stereocenters. The standard InChI is InChI=1S/C7H13NO.I2/c1-3-6(8)5-7(9)4-2;1-2/h5H,3-4,8H2,1-2H3;/b6-5-;. The van der Waals surface area contributed by atoms with Gasteiger partial charge in [0.1, 0.15) is 0 Å². The summed E-state index contributed by atoms with van der Waals surface area (Å²) in [7, 11) is 0. The minimum absolute atomic E-state index is 0.106. The van der Waals surface area contributed by atoms with Gasteiger partial charge in [-0.05, 0) is 12.5 Å². The van der Waals surface area contributed by atoms with Crippen LogP contribution in [-0.2, 0) is 4.79 Å². The van der Waals surface area contributed by atoms with Crippen molar-refractivity contribution in [2.75, 3.05) is 0 Å². The number of rotatable bonds is 3. The Hall–Kier alpha value is 0.670. The van der Waals surface area contributed by atoms with Gasteiger partial charge >= 0.3 is 0 Å². The summed E-state index contributed by atoms with van der Waals surface area (Å²) in [5, 5.41) is 0. The molecule has 0 rings (SSSR count). The lowest BCUT2D eigenvalue weighted by molar-refractivity contribution is -0.114. The average Bonchev–Trinajstić information content (AvgIpc) is 2.07. The van der Waals surface area contributed by atoms with Crippen molar-refractivity contribution >= 4 is 43.0 Å². The fraction of sp³-hybridized carbons (Fsp3) is 0.571. The van der Waals surface area contributed by atoms with Gasteiger partial charge in [-0.25, -0.2) is 0 Å². The molecule has 0 bridgehead atoms. The van der Waals surface area contributed by atoms with Crippen molar-refractivity contribution in [1.29, 1.82) is 0 Å². The van der Waals surface area contributed by atoms with Crippen LogP contribution in [-0.4, -0.2) is 5.78 Å². The maximum atomic E-state index is 10.6. The number of carbonyl (C=O) groups excluding carboxylic acids is 1. The molecule has 0 aliphatic heterocycles. The summed E-state index contributed by atoms with van der Waals surface area (Å²) in [4.78, 5) is 10.6. The summed E-state index contributed by atoms with van der Waals surface area (Å²) < 4.78 is 0. The lowest BCUT2D eigenvalue weighted by Gasteiger charge is -1.91. The van der Waals surface area contributed by atoms with Gasteiger partial charge in [-0.1, -0.05) is 13.8 Å². The van der Waals surface area contributed by atoms with Crippen molar-refractivity contribution in [3.05, 3.63) is 11.8 Å². The highest BCUT2D eigenvalue weighted by Gasteiger charge is 1.91. The van der Waals surface area contributed by atoms with Gasteiger partial charge in [0.25, 0.3) is 0 Å². The first kappa shape index (κ1) is 14.2. The molecule has 0 radical (unpaired) electrons. The van der Waals surface area contributed by atoms with E-state index >= 15 is 0 Å². The van der Waals surface area contributed by atoms with Crippen LogP contribution in [0.2, 0.25) is 0 Å². The van der Waals surface area contributed by atoms with E-state index in [1.165, 1.54) is 6.08 Å². The smallest absolute Gasteiger partial charge is 0.157 e. The zero-order chi connectivity index (χ0) is 9.28. The largest absolute Gasteiger partial charge is 0.402 e. The normalized spacial score (nSPS) is 10.0. The van der Waals surface area contributed by atoms with Crippen molar-refractivity contribution in [3.63, 3.8) is 0 Å². The van der Waals surface area contributed by atoms with Crippen LogP contribution in [0.25, 0.3) is 0 Å². The Morgan fingerprint density at radius 1 is 1.36 bits per heavy atom. The van der Waals surface area contributed by atoms with E-state index in [9.17, 15) is 4.79 Å². The van der Waals surface area contributed by atoms with Crippen LogP contribution in [0.5, 0.6) is 0 Å². The number of halogens is 2. The Labute approximate surface area is 91.3 Å². The second-order valence-electron chi connectivity index (χ2n) is 1.89. The Balaban J connectivity index is 0. The van der Waals surface area contributed by atoms with Crippen molar-refractivity contribution in [3.8, 4) is 0 Å². The molecule has 2 nitrogen and oxygen atoms in total. The predicted octanol–water partition coefficient (Wildman–Crippen LogP) is 2.99. The van der Waals surface area contributed by atoms with E-state index in [0.717, 1.165) is 6.42 Å². The molecule has 0 saturated heterocycles. The molecule has 0 aliphatic rings. The van der Waals surface area contributed by atoms with Crippen LogP contribution in [0.1, 0.15) is 26.7 Å². The van der Waals surface area contributed by atoms with E-state index in [-0.39, 0.29) is 5.78 Å². The third kappa shape index (κ3) is 10.7. The summed E-state index contributed by atoms with van der Waals surface area (Å²) in [6.07, 6.45) is 2.80. The second-order valence-corrected chi connectivity index (χ2v) is 1.89. The van der Waals surface area contributed by atoms with E-state index in [0.29, 0.717) is 12.1 Å². The number of hydrogen-bond donors (Lipinski definition) is 1. The van der Waals surface area contributed by atoms with Crippen LogP contribution in [0, 0.1) is 0 Å². The summed E-state index contributed by atoms with van der Waals surface area (Å²) in [6, 6.07) is 0. The lowest BCUT2D eigenvalue weighted by Crippen LogP contribution is -1.99. The lowest BCUT2D eigenvalue weighted by atomic mass is 10.2. The number of allylic oxidation sites excluding steroid dienone is 2. The van der Waals surface area contributed by atoms with Gasteiger partial charge in [0, 0.05) is 49.3 Å². The maximum Gasteiger partial charge on any atom is 0.157 e. The predicted molar refractivity (Wildman–Crippen MR) is 65.9 cm³/mol. The number of carbonyl (C=O) groups is 1. The van der Waals surface area contributed by atoms with Crippen molar-refractivity contribution in [2.24, 2.45) is 5.73 Å². The third-order valence-corrected chi connectivity index (χ3v) is 1.10. The topological polar surface area (TPSA) is 43.1 Å². The van der Waals surface area contributed by atoms with Gasteiger partial charge in [0.2, 0.25) is 0 Å². The molecule has 0 heterocycles. The Morgan fingerprint density at radius 3 is 2.09 bits per heavy atom. The minimum atomic E-state index is 0.106. The Kier molecular flexibility index (Phi) is 13.8. The molecular formula is C7H13I2NO. The molecule has 0 amide bonds. The van der Waals surface area contributed by atoms with Gasteiger partial charge in [0.15, 0.2) is 5.78 Å². The summed E-state index contributed by atoms with van der Waals surface area (Å²) >= 11 is 4.24. The van der Waals surface area contributed by atoms with Crippen LogP contribution < -0.4 is 5.73 Å². The molecule has 66 valence electrons. The van der Waals surface area contributed by atoms with Crippen molar-refractivity contribution < 1.29 is 4.79 Å². The minimum Gasteiger partial charge on any atom is -0.402 e. The molecule has 0 aromatic rings. The third-order valence-electron chi connectivity index (χ3n) is 1.10. The van der Waals surface area contributed by atoms with Gasteiger partial charge in [-0.3, -0.25) is 4.79 Å². The molecule has 0 spiro atoms. The fourth-order valence-corrected chi connectivity index (χ4v) is 0.411. The highest BCUT2D eigenvalue weighted by molar-refractivity contribution is 15.0.